The Bertz CT molecular complexity index is 790. The van der Waals surface area contributed by atoms with Crippen LogP contribution in [0.1, 0.15) is 15.9 Å². The molecule has 0 bridgehead atoms. The Morgan fingerprint density at radius 1 is 0.917 bits per heavy atom. The summed E-state index contributed by atoms with van der Waals surface area (Å²) >= 11 is 2.97. The second-order valence-electron chi connectivity index (χ2n) is 4.44. The third-order valence-electron chi connectivity index (χ3n) is 2.90. The Hall–Kier alpha value is -2.10. The Balaban J connectivity index is 2.53. The molecule has 0 fully saturated rings. The molecule has 128 valence electrons. The molecular formula is C14H5BrF7NO. The molecule has 10 heteroatoms. The highest BCUT2D eigenvalue weighted by atomic mass is 79.9. The van der Waals surface area contributed by atoms with E-state index in [2.05, 4.69) is 15.9 Å². The number of amides is 1. The third-order valence-corrected chi connectivity index (χ3v) is 3.60. The van der Waals surface area contributed by atoms with Gasteiger partial charge in [0.15, 0.2) is 23.3 Å². The fourth-order valence-corrected chi connectivity index (χ4v) is 2.28. The highest BCUT2D eigenvalue weighted by molar-refractivity contribution is 9.10. The van der Waals surface area contributed by atoms with Gasteiger partial charge in [0.1, 0.15) is 11.3 Å². The van der Waals surface area contributed by atoms with Crippen LogP contribution in [0.25, 0.3) is 0 Å². The molecule has 0 aliphatic carbocycles. The van der Waals surface area contributed by atoms with Crippen LogP contribution in [-0.2, 0) is 6.18 Å². The quantitative estimate of drug-likeness (QED) is 0.524. The molecule has 0 saturated heterocycles. The zero-order valence-electron chi connectivity index (χ0n) is 11.2. The summed E-state index contributed by atoms with van der Waals surface area (Å²) in [5.74, 6) is -11.2. The van der Waals surface area contributed by atoms with E-state index in [-0.39, 0.29) is 10.0 Å². The van der Waals surface area contributed by atoms with E-state index in [9.17, 15) is 35.5 Å². The molecule has 0 aliphatic heterocycles. The van der Waals surface area contributed by atoms with Gasteiger partial charge in [0.25, 0.3) is 5.91 Å². The second-order valence-corrected chi connectivity index (χ2v) is 5.29. The summed E-state index contributed by atoms with van der Waals surface area (Å²) in [5.41, 5.74) is -4.52. The normalized spacial score (nSPS) is 11.5. The minimum Gasteiger partial charge on any atom is -0.317 e. The molecule has 0 radical (unpaired) electrons. The van der Waals surface area contributed by atoms with Gasteiger partial charge in [-0.2, -0.15) is 13.2 Å². The molecule has 2 nitrogen and oxygen atoms in total. The van der Waals surface area contributed by atoms with E-state index < -0.39 is 46.6 Å². The molecule has 2 aromatic carbocycles. The number of carbonyl (C=O) groups excluding carboxylic acids is 1. The molecule has 0 saturated carbocycles. The molecule has 0 heterocycles. The number of alkyl halides is 3. The van der Waals surface area contributed by atoms with Gasteiger partial charge in [0, 0.05) is 4.47 Å². The van der Waals surface area contributed by atoms with Crippen LogP contribution in [0.2, 0.25) is 0 Å². The summed E-state index contributed by atoms with van der Waals surface area (Å²) < 4.78 is 92.0. The van der Waals surface area contributed by atoms with Gasteiger partial charge >= 0.3 is 6.18 Å². The van der Waals surface area contributed by atoms with Crippen LogP contribution >= 0.6 is 15.9 Å². The molecule has 1 N–H and O–H groups in total. The van der Waals surface area contributed by atoms with E-state index in [0.717, 1.165) is 0 Å². The molecule has 0 atom stereocenters. The van der Waals surface area contributed by atoms with Gasteiger partial charge in [0.2, 0.25) is 0 Å². The SMILES string of the molecule is O=C(Nc1c(F)c(F)c(C(F)(F)F)c(F)c1F)c1ccccc1Br. The summed E-state index contributed by atoms with van der Waals surface area (Å²) in [6.07, 6.45) is -5.65. The maximum Gasteiger partial charge on any atom is 0.422 e. The zero-order valence-corrected chi connectivity index (χ0v) is 12.8. The van der Waals surface area contributed by atoms with E-state index >= 15 is 0 Å². The molecule has 0 spiro atoms. The number of hydrogen-bond acceptors (Lipinski definition) is 1. The van der Waals surface area contributed by atoms with Crippen molar-refractivity contribution in [2.45, 2.75) is 6.18 Å². The van der Waals surface area contributed by atoms with Crippen molar-refractivity contribution in [3.05, 3.63) is 63.1 Å². The van der Waals surface area contributed by atoms with Crippen molar-refractivity contribution >= 4 is 27.5 Å². The highest BCUT2D eigenvalue weighted by Gasteiger charge is 2.42. The van der Waals surface area contributed by atoms with Gasteiger partial charge in [-0.15, -0.1) is 0 Å². The number of nitrogens with one attached hydrogen (secondary N) is 1. The zero-order chi connectivity index (χ0) is 18.2. The minimum absolute atomic E-state index is 0.156. The molecule has 2 rings (SSSR count). The van der Waals surface area contributed by atoms with Crippen molar-refractivity contribution in [2.75, 3.05) is 5.32 Å². The van der Waals surface area contributed by atoms with Gasteiger partial charge in [-0.3, -0.25) is 4.79 Å². The lowest BCUT2D eigenvalue weighted by Crippen LogP contribution is -2.20. The van der Waals surface area contributed by atoms with E-state index in [1.165, 1.54) is 29.6 Å². The van der Waals surface area contributed by atoms with E-state index in [4.69, 9.17) is 0 Å². The fourth-order valence-electron chi connectivity index (χ4n) is 1.82. The molecule has 1 amide bonds. The topological polar surface area (TPSA) is 29.1 Å². The van der Waals surface area contributed by atoms with Crippen LogP contribution in [0, 0.1) is 23.3 Å². The smallest absolute Gasteiger partial charge is 0.317 e. The van der Waals surface area contributed by atoms with Crippen LogP contribution in [0.3, 0.4) is 0 Å². The first-order chi connectivity index (χ1) is 11.1. The number of carbonyl (C=O) groups is 1. The van der Waals surface area contributed by atoms with Gasteiger partial charge in [-0.05, 0) is 28.1 Å². The van der Waals surface area contributed by atoms with E-state index in [1.807, 2.05) is 0 Å². The van der Waals surface area contributed by atoms with Crippen LogP contribution < -0.4 is 5.32 Å². The standard InChI is InChI=1S/C14H5BrF7NO/c15-6-4-2-1-3-5(6)13(24)23-12-10(18)8(16)7(14(20,21)22)9(17)11(12)19/h1-4H,(H,23,24). The number of anilines is 1. The molecular weight excluding hydrogens is 411 g/mol. The van der Waals surface area contributed by atoms with E-state index in [1.54, 1.807) is 0 Å². The van der Waals surface area contributed by atoms with Crippen LogP contribution in [0.4, 0.5) is 36.4 Å². The summed E-state index contributed by atoms with van der Waals surface area (Å²) in [4.78, 5) is 11.9. The lowest BCUT2D eigenvalue weighted by molar-refractivity contribution is -0.143. The van der Waals surface area contributed by atoms with Crippen LogP contribution in [0.5, 0.6) is 0 Å². The predicted octanol–water partition coefficient (Wildman–Crippen LogP) is 5.28. The number of benzene rings is 2. The first-order valence-electron chi connectivity index (χ1n) is 6.04. The molecule has 2 aromatic rings. The van der Waals surface area contributed by atoms with Crippen molar-refractivity contribution in [3.63, 3.8) is 0 Å². The Morgan fingerprint density at radius 2 is 1.42 bits per heavy atom. The number of halogens is 8. The highest BCUT2D eigenvalue weighted by Crippen LogP contribution is 2.38. The average molecular weight is 416 g/mol. The molecule has 0 aromatic heterocycles. The van der Waals surface area contributed by atoms with Gasteiger partial charge in [-0.25, -0.2) is 17.6 Å². The maximum atomic E-state index is 13.7. The van der Waals surface area contributed by atoms with Crippen molar-refractivity contribution in [2.24, 2.45) is 0 Å². The van der Waals surface area contributed by atoms with Gasteiger partial charge < -0.3 is 5.32 Å². The summed E-state index contributed by atoms with van der Waals surface area (Å²) in [6.45, 7) is 0. The van der Waals surface area contributed by atoms with Crippen molar-refractivity contribution in [3.8, 4) is 0 Å². The molecule has 24 heavy (non-hydrogen) atoms. The van der Waals surface area contributed by atoms with Crippen LogP contribution in [0.15, 0.2) is 28.7 Å². The van der Waals surface area contributed by atoms with Crippen molar-refractivity contribution in [1.82, 2.24) is 0 Å². The van der Waals surface area contributed by atoms with Crippen LogP contribution in [-0.4, -0.2) is 5.91 Å². The molecule has 0 aliphatic rings. The fraction of sp³-hybridized carbons (Fsp3) is 0.0714. The van der Waals surface area contributed by atoms with E-state index in [0.29, 0.717) is 0 Å². The number of hydrogen-bond donors (Lipinski definition) is 1. The Morgan fingerprint density at radius 3 is 1.88 bits per heavy atom. The number of rotatable bonds is 2. The largest absolute Gasteiger partial charge is 0.422 e. The maximum absolute atomic E-state index is 13.7. The first-order valence-corrected chi connectivity index (χ1v) is 6.84. The van der Waals surface area contributed by atoms with Crippen molar-refractivity contribution in [1.29, 1.82) is 0 Å². The lowest BCUT2D eigenvalue weighted by atomic mass is 10.1. The first kappa shape index (κ1) is 18.2. The third kappa shape index (κ3) is 3.23. The Labute approximate surface area is 138 Å². The lowest BCUT2D eigenvalue weighted by Gasteiger charge is -2.15. The van der Waals surface area contributed by atoms with Gasteiger partial charge in [-0.1, -0.05) is 12.1 Å². The van der Waals surface area contributed by atoms with Crippen molar-refractivity contribution < 1.29 is 35.5 Å². The second kappa shape index (κ2) is 6.42. The summed E-state index contributed by atoms with van der Waals surface area (Å²) in [5, 5.41) is 1.53. The minimum atomic E-state index is -5.65. The Kier molecular flexibility index (Phi) is 4.88. The predicted molar refractivity (Wildman–Crippen MR) is 73.4 cm³/mol. The summed E-state index contributed by atoms with van der Waals surface area (Å²) in [7, 11) is 0. The molecule has 0 unspecified atom stereocenters. The monoisotopic (exact) mass is 415 g/mol. The average Bonchev–Trinajstić information content (AvgIpc) is 2.48. The summed E-state index contributed by atoms with van der Waals surface area (Å²) in [6, 6.07) is 5.52. The van der Waals surface area contributed by atoms with Gasteiger partial charge in [0.05, 0.1) is 5.56 Å².